The van der Waals surface area contributed by atoms with E-state index in [0.29, 0.717) is 31.2 Å². The summed E-state index contributed by atoms with van der Waals surface area (Å²) in [6.45, 7) is 1.43. The van der Waals surface area contributed by atoms with E-state index in [1.807, 2.05) is 24.3 Å². The van der Waals surface area contributed by atoms with Crippen LogP contribution in [-0.2, 0) is 11.3 Å². The van der Waals surface area contributed by atoms with E-state index in [1.165, 1.54) is 0 Å². The van der Waals surface area contributed by atoms with Crippen LogP contribution in [0.2, 0.25) is 0 Å². The largest absolute Gasteiger partial charge is 0.497 e. The van der Waals surface area contributed by atoms with Gasteiger partial charge in [-0.05, 0) is 29.8 Å². The van der Waals surface area contributed by atoms with Gasteiger partial charge < -0.3 is 24.5 Å². The number of methoxy groups -OCH3 is 2. The number of ether oxygens (including phenoxy) is 2. The van der Waals surface area contributed by atoms with Gasteiger partial charge in [-0.3, -0.25) is 4.79 Å². The summed E-state index contributed by atoms with van der Waals surface area (Å²) in [5.41, 5.74) is 7.37. The average molecular weight is 330 g/mol. The topological polar surface area (TPSA) is 77.9 Å². The highest BCUT2D eigenvalue weighted by Crippen LogP contribution is 2.29. The van der Waals surface area contributed by atoms with Gasteiger partial charge in [0.15, 0.2) is 5.76 Å². The van der Waals surface area contributed by atoms with Crippen molar-refractivity contribution in [3.05, 3.63) is 53.5 Å². The van der Waals surface area contributed by atoms with Crippen LogP contribution in [0.25, 0.3) is 0 Å². The van der Waals surface area contributed by atoms with Crippen LogP contribution >= 0.6 is 0 Å². The number of nitrogens with zero attached hydrogens (tertiary/aromatic N) is 1. The minimum atomic E-state index is -0.135. The van der Waals surface area contributed by atoms with Crippen LogP contribution in [0.4, 0.5) is 0 Å². The Labute approximate surface area is 141 Å². The molecule has 2 aromatic rings. The Morgan fingerprint density at radius 3 is 2.62 bits per heavy atom. The molecule has 0 spiro atoms. The van der Waals surface area contributed by atoms with Crippen molar-refractivity contribution in [3.8, 4) is 5.75 Å². The Hall–Kier alpha value is -2.31. The number of amides is 1. The molecular weight excluding hydrogens is 308 g/mol. The molecule has 24 heavy (non-hydrogen) atoms. The molecule has 3 rings (SSSR count). The Balaban J connectivity index is 1.70. The third-order valence-electron chi connectivity index (χ3n) is 4.36. The molecule has 0 unspecified atom stereocenters. The quantitative estimate of drug-likeness (QED) is 0.907. The second-order valence-electron chi connectivity index (χ2n) is 5.95. The molecule has 6 heteroatoms. The fourth-order valence-electron chi connectivity index (χ4n) is 3.07. The molecule has 1 aromatic carbocycles. The molecule has 1 aromatic heterocycles. The Kier molecular flexibility index (Phi) is 4.87. The van der Waals surface area contributed by atoms with Gasteiger partial charge >= 0.3 is 0 Å². The zero-order valence-electron chi connectivity index (χ0n) is 13.9. The highest BCUT2D eigenvalue weighted by molar-refractivity contribution is 5.91. The summed E-state index contributed by atoms with van der Waals surface area (Å²) in [6, 6.07) is 11.2. The van der Waals surface area contributed by atoms with E-state index in [0.717, 1.165) is 11.3 Å². The minimum Gasteiger partial charge on any atom is -0.497 e. The Morgan fingerprint density at radius 2 is 1.96 bits per heavy atom. The number of nitrogens with two attached hydrogens (primary N) is 1. The van der Waals surface area contributed by atoms with Crippen molar-refractivity contribution in [3.63, 3.8) is 0 Å². The van der Waals surface area contributed by atoms with Crippen molar-refractivity contribution in [2.24, 2.45) is 5.73 Å². The van der Waals surface area contributed by atoms with Gasteiger partial charge in [-0.2, -0.15) is 0 Å². The van der Waals surface area contributed by atoms with Crippen molar-refractivity contribution >= 4 is 5.91 Å². The number of furan rings is 1. The van der Waals surface area contributed by atoms with Gasteiger partial charge in [-0.25, -0.2) is 0 Å². The number of benzene rings is 1. The van der Waals surface area contributed by atoms with E-state index in [2.05, 4.69) is 0 Å². The molecule has 1 aliphatic rings. The van der Waals surface area contributed by atoms with Crippen LogP contribution in [0, 0.1) is 0 Å². The first-order chi connectivity index (χ1) is 11.6. The van der Waals surface area contributed by atoms with Crippen molar-refractivity contribution in [2.75, 3.05) is 27.3 Å². The molecule has 1 aliphatic heterocycles. The Bertz CT molecular complexity index is 695. The summed E-state index contributed by atoms with van der Waals surface area (Å²) >= 11 is 0. The van der Waals surface area contributed by atoms with Gasteiger partial charge in [0.1, 0.15) is 18.1 Å². The molecule has 6 nitrogen and oxygen atoms in total. The Morgan fingerprint density at radius 1 is 1.21 bits per heavy atom. The molecule has 0 saturated carbocycles. The van der Waals surface area contributed by atoms with E-state index >= 15 is 0 Å². The van der Waals surface area contributed by atoms with E-state index in [9.17, 15) is 4.79 Å². The van der Waals surface area contributed by atoms with E-state index < -0.39 is 0 Å². The van der Waals surface area contributed by atoms with Crippen LogP contribution in [0.3, 0.4) is 0 Å². The normalized spacial score (nSPS) is 20.4. The molecule has 1 fully saturated rings. The van der Waals surface area contributed by atoms with Crippen LogP contribution < -0.4 is 10.5 Å². The molecule has 2 N–H and O–H groups in total. The molecular formula is C18H22N2O4. The SMILES string of the molecule is COCc1ccc(C(=O)N2C[C@@H](N)[C@H](c3ccc(OC)cc3)C2)o1. The summed E-state index contributed by atoms with van der Waals surface area (Å²) < 4.78 is 15.7. The third-order valence-corrected chi connectivity index (χ3v) is 4.36. The van der Waals surface area contributed by atoms with Gasteiger partial charge in [-0.15, -0.1) is 0 Å². The van der Waals surface area contributed by atoms with Crippen molar-refractivity contribution in [2.45, 2.75) is 18.6 Å². The van der Waals surface area contributed by atoms with Gasteiger partial charge in [-0.1, -0.05) is 12.1 Å². The van der Waals surface area contributed by atoms with Gasteiger partial charge in [0.25, 0.3) is 5.91 Å². The van der Waals surface area contributed by atoms with Gasteiger partial charge in [0, 0.05) is 32.2 Å². The average Bonchev–Trinajstić information content (AvgIpc) is 3.22. The molecule has 2 heterocycles. The summed E-state index contributed by atoms with van der Waals surface area (Å²) in [7, 11) is 3.22. The fraction of sp³-hybridized carbons (Fsp3) is 0.389. The van der Waals surface area contributed by atoms with Crippen molar-refractivity contribution in [1.29, 1.82) is 0 Å². The maximum absolute atomic E-state index is 12.6. The zero-order valence-corrected chi connectivity index (χ0v) is 13.9. The number of carbonyl (C=O) groups excluding carboxylic acids is 1. The number of likely N-dealkylation sites (tertiary alicyclic amines) is 1. The molecule has 1 saturated heterocycles. The zero-order chi connectivity index (χ0) is 17.1. The second-order valence-corrected chi connectivity index (χ2v) is 5.95. The number of hydrogen-bond donors (Lipinski definition) is 1. The summed E-state index contributed by atoms with van der Waals surface area (Å²) in [4.78, 5) is 14.3. The summed E-state index contributed by atoms with van der Waals surface area (Å²) in [6.07, 6.45) is 0. The minimum absolute atomic E-state index is 0.101. The standard InChI is InChI=1S/C18H22N2O4/c1-22-11-14-7-8-17(24-14)18(21)20-9-15(16(19)10-20)12-3-5-13(23-2)6-4-12/h3-8,15-16H,9-11,19H2,1-2H3/t15-,16+/m0/s1. The number of rotatable bonds is 5. The van der Waals surface area contributed by atoms with Crippen LogP contribution in [0.1, 0.15) is 27.8 Å². The first kappa shape index (κ1) is 16.5. The third kappa shape index (κ3) is 3.29. The van der Waals surface area contributed by atoms with Crippen molar-refractivity contribution < 1.29 is 18.7 Å². The fourth-order valence-corrected chi connectivity index (χ4v) is 3.07. The molecule has 2 atom stereocenters. The van der Waals surface area contributed by atoms with Crippen LogP contribution in [0.5, 0.6) is 5.75 Å². The first-order valence-corrected chi connectivity index (χ1v) is 7.89. The lowest BCUT2D eigenvalue weighted by Gasteiger charge is -2.15. The van der Waals surface area contributed by atoms with Gasteiger partial charge in [0.2, 0.25) is 0 Å². The number of carbonyl (C=O) groups is 1. The summed E-state index contributed by atoms with van der Waals surface area (Å²) in [5, 5.41) is 0. The molecule has 0 bridgehead atoms. The molecule has 128 valence electrons. The first-order valence-electron chi connectivity index (χ1n) is 7.89. The van der Waals surface area contributed by atoms with Crippen molar-refractivity contribution in [1.82, 2.24) is 4.90 Å². The van der Waals surface area contributed by atoms with Crippen LogP contribution in [0.15, 0.2) is 40.8 Å². The molecule has 1 amide bonds. The van der Waals surface area contributed by atoms with E-state index in [4.69, 9.17) is 19.6 Å². The highest BCUT2D eigenvalue weighted by atomic mass is 16.5. The predicted octanol–water partition coefficient (Wildman–Crippen LogP) is 2.00. The maximum Gasteiger partial charge on any atom is 0.289 e. The molecule has 0 aliphatic carbocycles. The molecule has 0 radical (unpaired) electrons. The summed E-state index contributed by atoms with van der Waals surface area (Å²) in [5.74, 6) is 1.73. The van der Waals surface area contributed by atoms with Crippen LogP contribution in [-0.4, -0.2) is 44.2 Å². The predicted molar refractivity (Wildman–Crippen MR) is 89.0 cm³/mol. The lowest BCUT2D eigenvalue weighted by atomic mass is 9.95. The second kappa shape index (κ2) is 7.07. The van der Waals surface area contributed by atoms with E-state index in [-0.39, 0.29) is 17.9 Å². The smallest absolute Gasteiger partial charge is 0.289 e. The maximum atomic E-state index is 12.6. The lowest BCUT2D eigenvalue weighted by molar-refractivity contribution is 0.0749. The monoisotopic (exact) mass is 330 g/mol. The lowest BCUT2D eigenvalue weighted by Crippen LogP contribution is -2.32. The van der Waals surface area contributed by atoms with Gasteiger partial charge in [0.05, 0.1) is 7.11 Å². The highest BCUT2D eigenvalue weighted by Gasteiger charge is 2.35. The van der Waals surface area contributed by atoms with E-state index in [1.54, 1.807) is 31.3 Å². The number of hydrogen-bond acceptors (Lipinski definition) is 5.